The van der Waals surface area contributed by atoms with Crippen LogP contribution in [0.5, 0.6) is 11.5 Å². The smallest absolute Gasteiger partial charge is 0.263 e. The van der Waals surface area contributed by atoms with Crippen LogP contribution in [0.25, 0.3) is 0 Å². The number of nitrogens with zero attached hydrogens (tertiary/aromatic N) is 4. The number of hydrogen-bond acceptors (Lipinski definition) is 7. The predicted molar refractivity (Wildman–Crippen MR) is 98.4 cm³/mol. The number of halogens is 1. The second-order valence-corrected chi connectivity index (χ2v) is 6.43. The van der Waals surface area contributed by atoms with Gasteiger partial charge in [0.05, 0.1) is 25.6 Å². The summed E-state index contributed by atoms with van der Waals surface area (Å²) in [4.78, 5) is 27.0. The van der Waals surface area contributed by atoms with Crippen LogP contribution >= 0.6 is 11.6 Å². The van der Waals surface area contributed by atoms with Crippen LogP contribution in [-0.2, 0) is 9.59 Å². The fourth-order valence-electron chi connectivity index (χ4n) is 3.14. The quantitative estimate of drug-likeness (QED) is 0.754. The number of amides is 2. The van der Waals surface area contributed by atoms with Crippen LogP contribution in [0.4, 0.5) is 11.4 Å². The van der Waals surface area contributed by atoms with Crippen LogP contribution in [0.1, 0.15) is 0 Å². The highest BCUT2D eigenvalue weighted by Crippen LogP contribution is 2.37. The van der Waals surface area contributed by atoms with Crippen LogP contribution < -0.4 is 19.4 Å². The minimum atomic E-state index is -0.898. The molecule has 2 aliphatic heterocycles. The van der Waals surface area contributed by atoms with Gasteiger partial charge < -0.3 is 9.47 Å². The van der Waals surface area contributed by atoms with Gasteiger partial charge >= 0.3 is 0 Å². The van der Waals surface area contributed by atoms with Crippen molar-refractivity contribution < 1.29 is 19.1 Å². The molecule has 0 aromatic heterocycles. The molecule has 2 atom stereocenters. The lowest BCUT2D eigenvalue weighted by molar-refractivity contribution is -0.121. The van der Waals surface area contributed by atoms with E-state index in [1.54, 1.807) is 42.5 Å². The highest BCUT2D eigenvalue weighted by molar-refractivity contribution is 6.30. The number of methoxy groups -OCH3 is 2. The lowest BCUT2D eigenvalue weighted by atomic mass is 10.1. The molecule has 0 saturated carbocycles. The molecule has 2 aromatic carbocycles. The van der Waals surface area contributed by atoms with E-state index < -0.39 is 23.9 Å². The maximum atomic E-state index is 13.1. The van der Waals surface area contributed by atoms with E-state index in [4.69, 9.17) is 21.1 Å². The van der Waals surface area contributed by atoms with Gasteiger partial charge in [0.15, 0.2) is 12.1 Å². The molecule has 0 aliphatic carbocycles. The average Bonchev–Trinajstić information content (AvgIpc) is 3.22. The monoisotopic (exact) mass is 386 g/mol. The van der Waals surface area contributed by atoms with Crippen molar-refractivity contribution in [2.45, 2.75) is 12.1 Å². The number of hydrogen-bond donors (Lipinski definition) is 0. The molecule has 138 valence electrons. The molecule has 0 N–H and O–H groups in total. The average molecular weight is 387 g/mol. The second-order valence-electron chi connectivity index (χ2n) is 6.00. The van der Waals surface area contributed by atoms with Gasteiger partial charge in [-0.2, -0.15) is 5.11 Å². The number of ether oxygens (including phenoxy) is 2. The van der Waals surface area contributed by atoms with Crippen LogP contribution in [0.2, 0.25) is 5.02 Å². The molecule has 9 heteroatoms. The van der Waals surface area contributed by atoms with E-state index in [0.29, 0.717) is 27.9 Å². The SMILES string of the molecule is COc1cc(OC)cc(N2C(=O)[C@H]3N=NN(c4ccc(Cl)cc4)[C@H]3C2=O)c1. The fourth-order valence-corrected chi connectivity index (χ4v) is 3.27. The van der Waals surface area contributed by atoms with Crippen LogP contribution in [0.15, 0.2) is 52.8 Å². The largest absolute Gasteiger partial charge is 0.497 e. The summed E-state index contributed by atoms with van der Waals surface area (Å²) in [5.41, 5.74) is 0.990. The van der Waals surface area contributed by atoms with Gasteiger partial charge in [-0.25, -0.2) is 9.91 Å². The lowest BCUT2D eigenvalue weighted by Gasteiger charge is -2.21. The number of carbonyl (C=O) groups excluding carboxylic acids is 2. The Hall–Kier alpha value is -3.13. The zero-order valence-corrected chi connectivity index (χ0v) is 15.3. The van der Waals surface area contributed by atoms with Crippen LogP contribution in [0.3, 0.4) is 0 Å². The van der Waals surface area contributed by atoms with Gasteiger partial charge in [0.2, 0.25) is 0 Å². The van der Waals surface area contributed by atoms with Crippen molar-refractivity contribution in [3.8, 4) is 11.5 Å². The van der Waals surface area contributed by atoms with Gasteiger partial charge in [-0.05, 0) is 24.3 Å². The minimum Gasteiger partial charge on any atom is -0.497 e. The Labute approximate surface area is 159 Å². The van der Waals surface area contributed by atoms with E-state index in [2.05, 4.69) is 10.3 Å². The molecule has 8 nitrogen and oxygen atoms in total. The highest BCUT2D eigenvalue weighted by Gasteiger charge is 2.55. The molecule has 0 unspecified atom stereocenters. The molecule has 4 rings (SSSR count). The van der Waals surface area contributed by atoms with Gasteiger partial charge in [0, 0.05) is 23.2 Å². The summed E-state index contributed by atoms with van der Waals surface area (Å²) in [5.74, 6) is 0.0807. The standard InChI is InChI=1S/C18H15ClN4O4/c1-26-13-7-12(8-14(9-13)27-2)22-17(24)15-16(18(22)25)23(21-20-15)11-5-3-10(19)4-6-11/h3-9,15-16H,1-2H3/t15-,16+/m0/s1. The predicted octanol–water partition coefficient (Wildman–Crippen LogP) is 2.86. The summed E-state index contributed by atoms with van der Waals surface area (Å²) in [6, 6.07) is 9.94. The topological polar surface area (TPSA) is 83.8 Å². The minimum absolute atomic E-state index is 0.363. The molecule has 0 spiro atoms. The number of rotatable bonds is 4. The molecule has 27 heavy (non-hydrogen) atoms. The van der Waals surface area contributed by atoms with E-state index in [-0.39, 0.29) is 0 Å². The summed E-state index contributed by atoms with van der Waals surface area (Å²) in [7, 11) is 2.99. The number of imide groups is 1. The molecule has 1 fully saturated rings. The third-order valence-corrected chi connectivity index (χ3v) is 4.72. The third-order valence-electron chi connectivity index (χ3n) is 4.47. The second kappa shape index (κ2) is 6.55. The first-order valence-electron chi connectivity index (χ1n) is 8.10. The van der Waals surface area contributed by atoms with E-state index >= 15 is 0 Å². The van der Waals surface area contributed by atoms with Crippen molar-refractivity contribution in [1.29, 1.82) is 0 Å². The molecule has 1 saturated heterocycles. The Morgan fingerprint density at radius 1 is 0.926 bits per heavy atom. The Morgan fingerprint density at radius 2 is 1.56 bits per heavy atom. The third kappa shape index (κ3) is 2.78. The number of benzene rings is 2. The van der Waals surface area contributed by atoms with Gasteiger partial charge in [0.25, 0.3) is 11.8 Å². The van der Waals surface area contributed by atoms with Crippen molar-refractivity contribution >= 4 is 34.8 Å². The zero-order valence-electron chi connectivity index (χ0n) is 14.5. The van der Waals surface area contributed by atoms with Crippen LogP contribution in [0, 0.1) is 0 Å². The van der Waals surface area contributed by atoms with E-state index in [9.17, 15) is 9.59 Å². The lowest BCUT2D eigenvalue weighted by Crippen LogP contribution is -2.39. The van der Waals surface area contributed by atoms with E-state index in [1.165, 1.54) is 19.2 Å². The Kier molecular flexibility index (Phi) is 4.19. The molecule has 2 aromatic rings. The Morgan fingerprint density at radius 3 is 2.15 bits per heavy atom. The van der Waals surface area contributed by atoms with E-state index in [0.717, 1.165) is 4.90 Å². The van der Waals surface area contributed by atoms with Crippen molar-refractivity contribution in [3.63, 3.8) is 0 Å². The maximum absolute atomic E-state index is 13.1. The molecule has 2 aliphatic rings. The number of anilines is 2. The molecule has 2 heterocycles. The molecule has 2 amide bonds. The highest BCUT2D eigenvalue weighted by atomic mass is 35.5. The fraction of sp³-hybridized carbons (Fsp3) is 0.222. The van der Waals surface area contributed by atoms with Crippen LogP contribution in [-0.4, -0.2) is 38.1 Å². The van der Waals surface area contributed by atoms with E-state index in [1.807, 2.05) is 0 Å². The Balaban J connectivity index is 1.71. The summed E-state index contributed by atoms with van der Waals surface area (Å²) < 4.78 is 10.5. The van der Waals surface area contributed by atoms with Gasteiger partial charge in [-0.3, -0.25) is 9.59 Å². The first-order valence-corrected chi connectivity index (χ1v) is 8.47. The summed E-state index contributed by atoms with van der Waals surface area (Å²) >= 11 is 5.92. The molecule has 0 bridgehead atoms. The zero-order chi connectivity index (χ0) is 19.1. The Bertz CT molecular complexity index is 925. The maximum Gasteiger partial charge on any atom is 0.263 e. The first kappa shape index (κ1) is 17.3. The summed E-state index contributed by atoms with van der Waals surface area (Å²) in [6.07, 6.45) is 0. The van der Waals surface area contributed by atoms with Crippen molar-refractivity contribution in [2.24, 2.45) is 10.3 Å². The van der Waals surface area contributed by atoms with Gasteiger partial charge in [0.1, 0.15) is 11.5 Å². The molecular weight excluding hydrogens is 372 g/mol. The summed E-state index contributed by atoms with van der Waals surface area (Å²) in [6.45, 7) is 0. The van der Waals surface area contributed by atoms with Crippen molar-refractivity contribution in [3.05, 3.63) is 47.5 Å². The first-order chi connectivity index (χ1) is 13.0. The van der Waals surface area contributed by atoms with Crippen molar-refractivity contribution in [2.75, 3.05) is 24.1 Å². The normalized spacial score (nSPS) is 21.0. The van der Waals surface area contributed by atoms with Crippen molar-refractivity contribution in [1.82, 2.24) is 0 Å². The van der Waals surface area contributed by atoms with Gasteiger partial charge in [-0.15, -0.1) is 0 Å². The summed E-state index contributed by atoms with van der Waals surface area (Å²) in [5, 5.41) is 10.0. The van der Waals surface area contributed by atoms with Gasteiger partial charge in [-0.1, -0.05) is 16.8 Å². The molecule has 0 radical (unpaired) electrons. The number of fused-ring (bicyclic) bond motifs is 1. The molecular formula is C18H15ClN4O4. The number of carbonyl (C=O) groups is 2.